The van der Waals surface area contributed by atoms with Gasteiger partial charge in [-0.3, -0.25) is 15.1 Å². The van der Waals surface area contributed by atoms with Crippen LogP contribution in [0.25, 0.3) is 22.0 Å². The van der Waals surface area contributed by atoms with E-state index < -0.39 is 0 Å². The molecule has 0 saturated heterocycles. The minimum absolute atomic E-state index is 0.229. The number of nitrogens with zero attached hydrogens (tertiary/aromatic N) is 2. The van der Waals surface area contributed by atoms with Gasteiger partial charge in [-0.1, -0.05) is 36.4 Å². The van der Waals surface area contributed by atoms with Gasteiger partial charge < -0.3 is 0 Å². The summed E-state index contributed by atoms with van der Waals surface area (Å²) in [5.41, 5.74) is 2.36. The van der Waals surface area contributed by atoms with E-state index in [9.17, 15) is 4.79 Å². The normalized spacial score (nSPS) is 10.8. The summed E-state index contributed by atoms with van der Waals surface area (Å²) < 4.78 is 0.760. The fourth-order valence-corrected chi connectivity index (χ4v) is 3.60. The van der Waals surface area contributed by atoms with Gasteiger partial charge in [0.15, 0.2) is 5.13 Å². The summed E-state index contributed by atoms with van der Waals surface area (Å²) in [6, 6.07) is 16.1. The van der Waals surface area contributed by atoms with E-state index in [0.717, 1.165) is 15.7 Å². The maximum atomic E-state index is 12.3. The van der Waals surface area contributed by atoms with Gasteiger partial charge in [0, 0.05) is 27.8 Å². The van der Waals surface area contributed by atoms with Crippen molar-refractivity contribution < 1.29 is 4.79 Å². The molecular weight excluding hydrogens is 398 g/mol. The molecular formula is C19H12BrN3OS. The van der Waals surface area contributed by atoms with Gasteiger partial charge >= 0.3 is 0 Å². The van der Waals surface area contributed by atoms with Gasteiger partial charge in [0.25, 0.3) is 5.91 Å². The summed E-state index contributed by atoms with van der Waals surface area (Å²) >= 11 is 4.72. The summed E-state index contributed by atoms with van der Waals surface area (Å²) in [5.74, 6) is -0.229. The minimum atomic E-state index is -0.229. The Kier molecular flexibility index (Phi) is 4.29. The van der Waals surface area contributed by atoms with Crippen LogP contribution < -0.4 is 5.32 Å². The van der Waals surface area contributed by atoms with Crippen LogP contribution in [-0.2, 0) is 0 Å². The molecule has 0 radical (unpaired) electrons. The molecule has 4 rings (SSSR count). The average Bonchev–Trinajstić information content (AvgIpc) is 3.10. The van der Waals surface area contributed by atoms with Gasteiger partial charge in [0.2, 0.25) is 0 Å². The highest BCUT2D eigenvalue weighted by Crippen LogP contribution is 2.28. The number of aromatic nitrogens is 2. The topological polar surface area (TPSA) is 54.9 Å². The van der Waals surface area contributed by atoms with Crippen molar-refractivity contribution in [1.82, 2.24) is 9.97 Å². The molecule has 4 aromatic rings. The molecule has 6 heteroatoms. The van der Waals surface area contributed by atoms with Crippen LogP contribution in [0.15, 0.2) is 70.8 Å². The van der Waals surface area contributed by atoms with Crippen LogP contribution in [0.2, 0.25) is 0 Å². The molecule has 0 aliphatic carbocycles. The molecule has 2 heterocycles. The van der Waals surface area contributed by atoms with Crippen molar-refractivity contribution in [2.45, 2.75) is 0 Å². The van der Waals surface area contributed by atoms with Gasteiger partial charge in [-0.25, -0.2) is 4.98 Å². The lowest BCUT2D eigenvalue weighted by atomic mass is 10.1. The predicted octanol–water partition coefficient (Wildman–Crippen LogP) is 5.37. The molecule has 0 unspecified atom stereocenters. The summed E-state index contributed by atoms with van der Waals surface area (Å²) in [6.07, 6.45) is 3.16. The standard InChI is InChI=1S/C19H12BrN3OS/c20-16-8-15(9-21-10-16)18(24)23-19-22-17(11-25-19)14-6-5-12-3-1-2-4-13(12)7-14/h1-11H,(H,22,23,24). The number of thiazole rings is 1. The predicted molar refractivity (Wildman–Crippen MR) is 105 cm³/mol. The number of pyridine rings is 1. The molecule has 122 valence electrons. The first-order valence-electron chi connectivity index (χ1n) is 7.56. The number of hydrogen-bond acceptors (Lipinski definition) is 4. The van der Waals surface area contributed by atoms with Crippen LogP contribution in [-0.4, -0.2) is 15.9 Å². The molecule has 0 bridgehead atoms. The minimum Gasteiger partial charge on any atom is -0.298 e. The van der Waals surface area contributed by atoms with Gasteiger partial charge in [0.05, 0.1) is 11.3 Å². The van der Waals surface area contributed by atoms with Crippen molar-refractivity contribution in [3.8, 4) is 11.3 Å². The number of anilines is 1. The highest BCUT2D eigenvalue weighted by molar-refractivity contribution is 9.10. The Balaban J connectivity index is 1.58. The third-order valence-electron chi connectivity index (χ3n) is 3.74. The second-order valence-corrected chi connectivity index (χ2v) is 7.22. The van der Waals surface area contributed by atoms with E-state index in [4.69, 9.17) is 0 Å². The third kappa shape index (κ3) is 3.45. The largest absolute Gasteiger partial charge is 0.298 e. The molecule has 0 aliphatic heterocycles. The van der Waals surface area contributed by atoms with E-state index >= 15 is 0 Å². The quantitative estimate of drug-likeness (QED) is 0.494. The second-order valence-electron chi connectivity index (χ2n) is 5.45. The monoisotopic (exact) mass is 409 g/mol. The van der Waals surface area contributed by atoms with Crippen LogP contribution >= 0.6 is 27.3 Å². The number of rotatable bonds is 3. The first-order valence-corrected chi connectivity index (χ1v) is 9.23. The molecule has 0 atom stereocenters. The SMILES string of the molecule is O=C(Nc1nc(-c2ccc3ccccc3c2)cs1)c1cncc(Br)c1. The zero-order valence-electron chi connectivity index (χ0n) is 12.9. The molecule has 1 amide bonds. The first kappa shape index (κ1) is 15.9. The van der Waals surface area contributed by atoms with Gasteiger partial charge in [-0.05, 0) is 38.8 Å². The fourth-order valence-electron chi connectivity index (χ4n) is 2.52. The number of fused-ring (bicyclic) bond motifs is 1. The van der Waals surface area contributed by atoms with Crippen molar-refractivity contribution in [2.24, 2.45) is 0 Å². The third-order valence-corrected chi connectivity index (χ3v) is 4.93. The van der Waals surface area contributed by atoms with Crippen LogP contribution in [0.4, 0.5) is 5.13 Å². The zero-order valence-corrected chi connectivity index (χ0v) is 15.3. The summed E-state index contributed by atoms with van der Waals surface area (Å²) in [5, 5.41) is 7.68. The molecule has 0 saturated carbocycles. The zero-order chi connectivity index (χ0) is 17.2. The molecule has 25 heavy (non-hydrogen) atoms. The Bertz CT molecular complexity index is 1080. The van der Waals surface area contributed by atoms with Crippen LogP contribution in [0.3, 0.4) is 0 Å². The molecule has 0 aliphatic rings. The maximum Gasteiger partial charge on any atom is 0.259 e. The Morgan fingerprint density at radius 3 is 2.72 bits per heavy atom. The Hall–Kier alpha value is -2.57. The summed E-state index contributed by atoms with van der Waals surface area (Å²) in [7, 11) is 0. The highest BCUT2D eigenvalue weighted by Gasteiger charge is 2.11. The molecule has 1 N–H and O–H groups in total. The highest BCUT2D eigenvalue weighted by atomic mass is 79.9. The smallest absolute Gasteiger partial charge is 0.259 e. The van der Waals surface area contributed by atoms with Crippen LogP contribution in [0.5, 0.6) is 0 Å². The summed E-state index contributed by atoms with van der Waals surface area (Å²) in [4.78, 5) is 20.8. The first-order chi connectivity index (χ1) is 12.2. The van der Waals surface area contributed by atoms with Crippen molar-refractivity contribution in [3.05, 3.63) is 76.3 Å². The van der Waals surface area contributed by atoms with Gasteiger partial charge in [-0.15, -0.1) is 11.3 Å². The number of carbonyl (C=O) groups is 1. The van der Waals surface area contributed by atoms with Gasteiger partial charge in [0.1, 0.15) is 0 Å². The molecule has 2 aromatic carbocycles. The van der Waals surface area contributed by atoms with Gasteiger partial charge in [-0.2, -0.15) is 0 Å². The molecule has 0 spiro atoms. The van der Waals surface area contributed by atoms with E-state index in [0.29, 0.717) is 10.7 Å². The van der Waals surface area contributed by atoms with Crippen molar-refractivity contribution in [3.63, 3.8) is 0 Å². The molecule has 4 nitrogen and oxygen atoms in total. The maximum absolute atomic E-state index is 12.3. The van der Waals surface area contributed by atoms with Crippen LogP contribution in [0.1, 0.15) is 10.4 Å². The molecule has 0 fully saturated rings. The Labute approximate surface area is 156 Å². The Morgan fingerprint density at radius 1 is 1.04 bits per heavy atom. The van der Waals surface area contributed by atoms with Crippen molar-refractivity contribution in [1.29, 1.82) is 0 Å². The number of benzene rings is 2. The van der Waals surface area contributed by atoms with E-state index in [1.54, 1.807) is 12.3 Å². The van der Waals surface area contributed by atoms with E-state index in [1.807, 2.05) is 23.6 Å². The number of carbonyl (C=O) groups excluding carboxylic acids is 1. The molecule has 2 aromatic heterocycles. The number of halogens is 1. The number of nitrogens with one attached hydrogen (secondary N) is 1. The van der Waals surface area contributed by atoms with E-state index in [-0.39, 0.29) is 5.91 Å². The number of hydrogen-bond donors (Lipinski definition) is 1. The van der Waals surface area contributed by atoms with E-state index in [2.05, 4.69) is 55.5 Å². The lowest BCUT2D eigenvalue weighted by Gasteiger charge is -2.02. The fraction of sp³-hybridized carbons (Fsp3) is 0. The Morgan fingerprint density at radius 2 is 1.88 bits per heavy atom. The van der Waals surface area contributed by atoms with Crippen molar-refractivity contribution >= 4 is 49.1 Å². The summed E-state index contributed by atoms with van der Waals surface area (Å²) in [6.45, 7) is 0. The van der Waals surface area contributed by atoms with Crippen molar-refractivity contribution in [2.75, 3.05) is 5.32 Å². The lowest BCUT2D eigenvalue weighted by Crippen LogP contribution is -2.11. The van der Waals surface area contributed by atoms with Crippen LogP contribution in [0, 0.1) is 0 Å². The van der Waals surface area contributed by atoms with E-state index in [1.165, 1.54) is 28.3 Å². The second kappa shape index (κ2) is 6.74. The average molecular weight is 410 g/mol. The number of amides is 1. The lowest BCUT2D eigenvalue weighted by molar-refractivity contribution is 0.102.